The van der Waals surface area contributed by atoms with Crippen LogP contribution in [0.15, 0.2) is 18.2 Å². The molecule has 0 radical (unpaired) electrons. The zero-order chi connectivity index (χ0) is 15.5. The lowest BCUT2D eigenvalue weighted by atomic mass is 10.1. The molecule has 0 atom stereocenters. The van der Waals surface area contributed by atoms with Crippen molar-refractivity contribution in [3.8, 4) is 5.75 Å². The van der Waals surface area contributed by atoms with Crippen LogP contribution < -0.4 is 10.5 Å². The van der Waals surface area contributed by atoms with Crippen molar-refractivity contribution >= 4 is 11.7 Å². The maximum Gasteiger partial charge on any atom is 0.342 e. The Morgan fingerprint density at radius 3 is 2.43 bits per heavy atom. The molecule has 0 fully saturated rings. The number of para-hydroxylation sites is 1. The van der Waals surface area contributed by atoms with E-state index in [1.807, 2.05) is 0 Å². The highest BCUT2D eigenvalue weighted by Gasteiger charge is 2.15. The molecule has 2 N–H and O–H groups in total. The maximum absolute atomic E-state index is 12.0. The van der Waals surface area contributed by atoms with E-state index in [0.29, 0.717) is 23.6 Å². The van der Waals surface area contributed by atoms with Gasteiger partial charge in [0.25, 0.3) is 0 Å². The number of ether oxygens (including phenoxy) is 2. The molecule has 0 unspecified atom stereocenters. The molecular formula is C17H27NO3. The summed E-state index contributed by atoms with van der Waals surface area (Å²) in [5.41, 5.74) is 6.61. The van der Waals surface area contributed by atoms with Crippen LogP contribution in [0.2, 0.25) is 0 Å². The van der Waals surface area contributed by atoms with E-state index >= 15 is 0 Å². The van der Waals surface area contributed by atoms with Gasteiger partial charge in [-0.15, -0.1) is 0 Å². The molecule has 0 aliphatic heterocycles. The molecule has 0 bridgehead atoms. The zero-order valence-corrected chi connectivity index (χ0v) is 13.2. The first-order chi connectivity index (χ1) is 10.2. The van der Waals surface area contributed by atoms with E-state index in [0.717, 1.165) is 12.8 Å². The number of rotatable bonds is 10. The molecule has 0 aliphatic carbocycles. The van der Waals surface area contributed by atoms with Gasteiger partial charge in [0.2, 0.25) is 0 Å². The van der Waals surface area contributed by atoms with Crippen molar-refractivity contribution in [3.05, 3.63) is 23.8 Å². The Labute approximate surface area is 127 Å². The van der Waals surface area contributed by atoms with Gasteiger partial charge in [-0.3, -0.25) is 0 Å². The molecule has 0 amide bonds. The lowest BCUT2D eigenvalue weighted by molar-refractivity contribution is 0.0494. The smallest absolute Gasteiger partial charge is 0.342 e. The van der Waals surface area contributed by atoms with E-state index in [2.05, 4.69) is 6.92 Å². The Balaban J connectivity index is 2.27. The molecule has 0 heterocycles. The van der Waals surface area contributed by atoms with Crippen LogP contribution in [-0.4, -0.2) is 19.7 Å². The van der Waals surface area contributed by atoms with Crippen molar-refractivity contribution in [2.45, 2.75) is 51.9 Å². The Kier molecular flexibility index (Phi) is 8.32. The quantitative estimate of drug-likeness (QED) is 0.399. The predicted molar refractivity (Wildman–Crippen MR) is 85.7 cm³/mol. The van der Waals surface area contributed by atoms with Crippen LogP contribution in [0, 0.1) is 0 Å². The van der Waals surface area contributed by atoms with Gasteiger partial charge in [-0.05, 0) is 18.6 Å². The minimum atomic E-state index is -0.370. The summed E-state index contributed by atoms with van der Waals surface area (Å²) in [7, 11) is 1.50. The van der Waals surface area contributed by atoms with Crippen LogP contribution in [0.5, 0.6) is 5.75 Å². The molecule has 118 valence electrons. The first-order valence-electron chi connectivity index (χ1n) is 7.80. The van der Waals surface area contributed by atoms with Crippen molar-refractivity contribution in [2.75, 3.05) is 19.5 Å². The molecule has 0 aliphatic rings. The number of nitrogens with two attached hydrogens (primary N) is 1. The fourth-order valence-corrected chi connectivity index (χ4v) is 2.25. The van der Waals surface area contributed by atoms with Gasteiger partial charge in [0.1, 0.15) is 5.56 Å². The fraction of sp³-hybridized carbons (Fsp3) is 0.588. The Morgan fingerprint density at radius 2 is 1.76 bits per heavy atom. The minimum Gasteiger partial charge on any atom is -0.494 e. The number of methoxy groups -OCH3 is 1. The summed E-state index contributed by atoms with van der Waals surface area (Å²) in [4.78, 5) is 12.0. The molecule has 21 heavy (non-hydrogen) atoms. The molecule has 1 rings (SSSR count). The highest BCUT2D eigenvalue weighted by molar-refractivity contribution is 5.94. The van der Waals surface area contributed by atoms with Gasteiger partial charge in [0, 0.05) is 0 Å². The molecule has 0 saturated heterocycles. The summed E-state index contributed by atoms with van der Waals surface area (Å²) >= 11 is 0. The van der Waals surface area contributed by atoms with Gasteiger partial charge in [-0.1, -0.05) is 51.5 Å². The van der Waals surface area contributed by atoms with Gasteiger partial charge in [-0.2, -0.15) is 0 Å². The van der Waals surface area contributed by atoms with E-state index in [9.17, 15) is 4.79 Å². The van der Waals surface area contributed by atoms with Gasteiger partial charge in [0.15, 0.2) is 5.75 Å². The summed E-state index contributed by atoms with van der Waals surface area (Å²) < 4.78 is 10.4. The highest BCUT2D eigenvalue weighted by atomic mass is 16.5. The number of carbonyl (C=O) groups is 1. The molecule has 4 nitrogen and oxygen atoms in total. The van der Waals surface area contributed by atoms with Crippen LogP contribution in [0.4, 0.5) is 5.69 Å². The number of anilines is 1. The second-order valence-electron chi connectivity index (χ2n) is 5.19. The van der Waals surface area contributed by atoms with E-state index in [1.54, 1.807) is 18.2 Å². The third-order valence-corrected chi connectivity index (χ3v) is 3.45. The molecule has 0 aromatic heterocycles. The van der Waals surface area contributed by atoms with E-state index in [1.165, 1.54) is 39.2 Å². The van der Waals surface area contributed by atoms with Crippen LogP contribution in [0.25, 0.3) is 0 Å². The standard InChI is InChI=1S/C17H27NO3/c1-3-4-5-6-7-8-9-13-21-17(19)14-11-10-12-15(18)16(14)20-2/h10-12H,3-9,13,18H2,1-2H3. The average molecular weight is 293 g/mol. The second kappa shape index (κ2) is 10.1. The third kappa shape index (κ3) is 6.06. The number of unbranched alkanes of at least 4 members (excludes halogenated alkanes) is 6. The number of esters is 1. The molecule has 1 aromatic carbocycles. The van der Waals surface area contributed by atoms with Crippen LogP contribution >= 0.6 is 0 Å². The van der Waals surface area contributed by atoms with Gasteiger partial charge in [0.05, 0.1) is 19.4 Å². The van der Waals surface area contributed by atoms with Crippen molar-refractivity contribution in [3.63, 3.8) is 0 Å². The molecule has 4 heteroatoms. The van der Waals surface area contributed by atoms with Crippen LogP contribution in [-0.2, 0) is 4.74 Å². The van der Waals surface area contributed by atoms with Crippen molar-refractivity contribution in [1.29, 1.82) is 0 Å². The highest BCUT2D eigenvalue weighted by Crippen LogP contribution is 2.26. The normalized spacial score (nSPS) is 10.4. The maximum atomic E-state index is 12.0. The number of carbonyl (C=O) groups excluding carboxylic acids is 1. The second-order valence-corrected chi connectivity index (χ2v) is 5.19. The monoisotopic (exact) mass is 293 g/mol. The third-order valence-electron chi connectivity index (χ3n) is 3.45. The average Bonchev–Trinajstić information content (AvgIpc) is 2.49. The Morgan fingerprint density at radius 1 is 1.10 bits per heavy atom. The summed E-state index contributed by atoms with van der Waals surface area (Å²) in [6, 6.07) is 5.09. The van der Waals surface area contributed by atoms with E-state index < -0.39 is 0 Å². The first kappa shape index (κ1) is 17.3. The van der Waals surface area contributed by atoms with Crippen molar-refractivity contribution in [1.82, 2.24) is 0 Å². The van der Waals surface area contributed by atoms with Crippen molar-refractivity contribution < 1.29 is 14.3 Å². The van der Waals surface area contributed by atoms with Gasteiger partial charge in [-0.25, -0.2) is 4.79 Å². The number of hydrogen-bond donors (Lipinski definition) is 1. The molecule has 0 saturated carbocycles. The predicted octanol–water partition coefficient (Wildman–Crippen LogP) is 4.18. The van der Waals surface area contributed by atoms with Crippen molar-refractivity contribution in [2.24, 2.45) is 0 Å². The SMILES string of the molecule is CCCCCCCCCOC(=O)c1cccc(N)c1OC. The lowest BCUT2D eigenvalue weighted by Gasteiger charge is -2.10. The van der Waals surface area contributed by atoms with Gasteiger partial charge >= 0.3 is 5.97 Å². The largest absolute Gasteiger partial charge is 0.494 e. The minimum absolute atomic E-state index is 0.370. The lowest BCUT2D eigenvalue weighted by Crippen LogP contribution is -2.09. The first-order valence-corrected chi connectivity index (χ1v) is 7.80. The number of benzene rings is 1. The summed E-state index contributed by atoms with van der Waals surface area (Å²) in [5, 5.41) is 0. The van der Waals surface area contributed by atoms with Crippen LogP contribution in [0.3, 0.4) is 0 Å². The number of nitrogen functional groups attached to an aromatic ring is 1. The summed E-state index contributed by atoms with van der Waals surface area (Å²) in [6.07, 6.45) is 8.36. The van der Waals surface area contributed by atoms with Gasteiger partial charge < -0.3 is 15.2 Å². The molecule has 0 spiro atoms. The Bertz CT molecular complexity index is 432. The zero-order valence-electron chi connectivity index (χ0n) is 13.2. The van der Waals surface area contributed by atoms with E-state index in [4.69, 9.17) is 15.2 Å². The summed E-state index contributed by atoms with van der Waals surface area (Å²) in [6.45, 7) is 2.66. The topological polar surface area (TPSA) is 61.5 Å². The molecule has 1 aromatic rings. The van der Waals surface area contributed by atoms with Crippen LogP contribution in [0.1, 0.15) is 62.2 Å². The van der Waals surface area contributed by atoms with E-state index in [-0.39, 0.29) is 5.97 Å². The summed E-state index contributed by atoms with van der Waals surface area (Å²) in [5.74, 6) is 0.0206. The fourth-order valence-electron chi connectivity index (χ4n) is 2.25. The number of hydrogen-bond acceptors (Lipinski definition) is 4. The molecular weight excluding hydrogens is 266 g/mol. The Hall–Kier alpha value is -1.71.